The molecule has 0 spiro atoms. The minimum Gasteiger partial charge on any atom is -0.467 e. The molecule has 1 amide bonds. The molecule has 4 rings (SSSR count). The van der Waals surface area contributed by atoms with Crippen LogP contribution in [-0.4, -0.2) is 26.4 Å². The first kappa shape index (κ1) is 21.5. The molecular weight excluding hydrogens is 455 g/mol. The van der Waals surface area contributed by atoms with Gasteiger partial charge in [0, 0.05) is 22.2 Å². The number of rotatable bonds is 8. The smallest absolute Gasteiger partial charge is 0.230 e. The number of hydrogen-bond acceptors (Lipinski definition) is 5. The van der Waals surface area contributed by atoms with Gasteiger partial charge in [-0.2, -0.15) is 0 Å². The predicted molar refractivity (Wildman–Crippen MR) is 122 cm³/mol. The summed E-state index contributed by atoms with van der Waals surface area (Å²) in [5.41, 5.74) is 1.74. The Labute approximate surface area is 193 Å². The highest BCUT2D eigenvalue weighted by molar-refractivity contribution is 7.99. The van der Waals surface area contributed by atoms with Crippen LogP contribution in [0.2, 0.25) is 10.0 Å². The lowest BCUT2D eigenvalue weighted by Crippen LogP contribution is -2.24. The van der Waals surface area contributed by atoms with Crippen molar-refractivity contribution in [3.05, 3.63) is 88.3 Å². The van der Waals surface area contributed by atoms with Gasteiger partial charge in [0.05, 0.1) is 18.6 Å². The molecule has 31 heavy (non-hydrogen) atoms. The van der Waals surface area contributed by atoms with Gasteiger partial charge in [-0.15, -0.1) is 10.2 Å². The van der Waals surface area contributed by atoms with Crippen molar-refractivity contribution in [2.45, 2.75) is 18.2 Å². The van der Waals surface area contributed by atoms with Crippen molar-refractivity contribution in [2.75, 3.05) is 5.75 Å². The Morgan fingerprint density at radius 3 is 2.58 bits per heavy atom. The van der Waals surface area contributed by atoms with E-state index in [9.17, 15) is 4.79 Å². The van der Waals surface area contributed by atoms with E-state index in [-0.39, 0.29) is 11.7 Å². The summed E-state index contributed by atoms with van der Waals surface area (Å²) in [6.45, 7) is 0.815. The van der Waals surface area contributed by atoms with E-state index in [1.54, 1.807) is 24.5 Å². The van der Waals surface area contributed by atoms with E-state index in [1.165, 1.54) is 11.8 Å². The Morgan fingerprint density at radius 2 is 1.84 bits per heavy atom. The van der Waals surface area contributed by atoms with Gasteiger partial charge in [-0.05, 0) is 48.0 Å². The number of aromatic nitrogens is 3. The second-order valence-electron chi connectivity index (χ2n) is 6.64. The second kappa shape index (κ2) is 10.0. The van der Waals surface area contributed by atoms with Crippen LogP contribution in [0.1, 0.15) is 11.3 Å². The van der Waals surface area contributed by atoms with Gasteiger partial charge < -0.3 is 9.73 Å². The molecule has 0 saturated heterocycles. The van der Waals surface area contributed by atoms with Crippen LogP contribution in [0.25, 0.3) is 11.4 Å². The maximum Gasteiger partial charge on any atom is 0.230 e. The molecule has 158 valence electrons. The van der Waals surface area contributed by atoms with Crippen LogP contribution >= 0.6 is 35.0 Å². The lowest BCUT2D eigenvalue weighted by Gasteiger charge is -2.10. The molecule has 0 aliphatic rings. The topological polar surface area (TPSA) is 73.0 Å². The van der Waals surface area contributed by atoms with E-state index in [2.05, 4.69) is 15.5 Å². The average Bonchev–Trinajstić information content (AvgIpc) is 3.43. The molecule has 0 radical (unpaired) electrons. The first-order chi connectivity index (χ1) is 15.1. The van der Waals surface area contributed by atoms with Gasteiger partial charge in [0.15, 0.2) is 11.0 Å². The molecule has 0 unspecified atom stereocenters. The average molecular weight is 473 g/mol. The first-order valence-electron chi connectivity index (χ1n) is 9.44. The van der Waals surface area contributed by atoms with Crippen molar-refractivity contribution in [2.24, 2.45) is 0 Å². The van der Waals surface area contributed by atoms with Crippen LogP contribution in [0.4, 0.5) is 0 Å². The molecule has 0 saturated carbocycles. The SMILES string of the molecule is O=C(CSc1nnc(-c2ccc(Cl)cc2)n1Cc1ccco1)NCc1ccccc1Cl. The maximum atomic E-state index is 12.4. The number of carbonyl (C=O) groups excluding carboxylic acids is 1. The minimum absolute atomic E-state index is 0.120. The van der Waals surface area contributed by atoms with Crippen LogP contribution in [0.3, 0.4) is 0 Å². The summed E-state index contributed by atoms with van der Waals surface area (Å²) in [5, 5.41) is 13.4. The van der Waals surface area contributed by atoms with E-state index >= 15 is 0 Å². The summed E-state index contributed by atoms with van der Waals surface area (Å²) >= 11 is 13.5. The highest BCUT2D eigenvalue weighted by Gasteiger charge is 2.17. The molecule has 0 aliphatic carbocycles. The second-order valence-corrected chi connectivity index (χ2v) is 8.42. The lowest BCUT2D eigenvalue weighted by atomic mass is 10.2. The van der Waals surface area contributed by atoms with Crippen LogP contribution in [0, 0.1) is 0 Å². The molecule has 0 bridgehead atoms. The Bertz CT molecular complexity index is 1160. The summed E-state index contributed by atoms with van der Waals surface area (Å²) in [4.78, 5) is 12.4. The third kappa shape index (κ3) is 5.50. The van der Waals surface area contributed by atoms with Gasteiger partial charge in [-0.1, -0.05) is 53.2 Å². The fourth-order valence-corrected chi connectivity index (χ4v) is 4.02. The Morgan fingerprint density at radius 1 is 1.03 bits per heavy atom. The summed E-state index contributed by atoms with van der Waals surface area (Å²) < 4.78 is 7.42. The maximum absolute atomic E-state index is 12.4. The van der Waals surface area contributed by atoms with Gasteiger partial charge in [0.2, 0.25) is 5.91 Å². The van der Waals surface area contributed by atoms with Crippen molar-refractivity contribution in [3.8, 4) is 11.4 Å². The fraction of sp³-hybridized carbons (Fsp3) is 0.136. The fourth-order valence-electron chi connectivity index (χ4n) is 2.93. The van der Waals surface area contributed by atoms with Gasteiger partial charge in [-0.3, -0.25) is 9.36 Å². The van der Waals surface area contributed by atoms with Gasteiger partial charge >= 0.3 is 0 Å². The van der Waals surface area contributed by atoms with Gasteiger partial charge in [-0.25, -0.2) is 0 Å². The quantitative estimate of drug-likeness (QED) is 0.352. The molecule has 1 N–H and O–H groups in total. The van der Waals surface area contributed by atoms with Crippen LogP contribution in [0.5, 0.6) is 0 Å². The van der Waals surface area contributed by atoms with Crippen LogP contribution in [0.15, 0.2) is 76.5 Å². The summed E-state index contributed by atoms with van der Waals surface area (Å²) in [5.74, 6) is 1.51. The molecule has 4 aromatic rings. The summed E-state index contributed by atoms with van der Waals surface area (Å²) in [6.07, 6.45) is 1.62. The number of furan rings is 1. The zero-order valence-electron chi connectivity index (χ0n) is 16.3. The number of carbonyl (C=O) groups is 1. The molecule has 0 atom stereocenters. The molecule has 0 aliphatic heterocycles. The van der Waals surface area contributed by atoms with Crippen molar-refractivity contribution in [1.82, 2.24) is 20.1 Å². The standard InChI is InChI=1S/C22H18Cl2N4O2S/c23-17-9-7-15(8-10-17)21-26-27-22(28(21)13-18-5-3-11-30-18)31-14-20(29)25-12-16-4-1-2-6-19(16)24/h1-11H,12-14H2,(H,25,29). The van der Waals surface area contributed by atoms with E-state index in [0.717, 1.165) is 16.9 Å². The Hall–Kier alpha value is -2.74. The number of hydrogen-bond donors (Lipinski definition) is 1. The number of thioether (sulfide) groups is 1. The number of amides is 1. The molecule has 0 fully saturated rings. The first-order valence-corrected chi connectivity index (χ1v) is 11.2. The molecular formula is C22H18Cl2N4O2S. The predicted octanol–water partition coefficient (Wildman–Crippen LogP) is 5.30. The normalized spacial score (nSPS) is 10.9. The summed E-state index contributed by atoms with van der Waals surface area (Å²) in [7, 11) is 0. The van der Waals surface area contributed by atoms with Crippen molar-refractivity contribution >= 4 is 40.9 Å². The molecule has 6 nitrogen and oxygen atoms in total. The van der Waals surface area contributed by atoms with E-state index in [1.807, 2.05) is 47.0 Å². The molecule has 9 heteroatoms. The zero-order chi connectivity index (χ0) is 21.6. The minimum atomic E-state index is -0.120. The Kier molecular flexibility index (Phi) is 6.96. The van der Waals surface area contributed by atoms with Crippen molar-refractivity contribution in [3.63, 3.8) is 0 Å². The highest BCUT2D eigenvalue weighted by atomic mass is 35.5. The number of benzene rings is 2. The van der Waals surface area contributed by atoms with Crippen molar-refractivity contribution < 1.29 is 9.21 Å². The van der Waals surface area contributed by atoms with Crippen LogP contribution in [-0.2, 0) is 17.9 Å². The molecule has 2 aromatic carbocycles. The monoisotopic (exact) mass is 472 g/mol. The highest BCUT2D eigenvalue weighted by Crippen LogP contribution is 2.26. The van der Waals surface area contributed by atoms with Gasteiger partial charge in [0.25, 0.3) is 0 Å². The lowest BCUT2D eigenvalue weighted by molar-refractivity contribution is -0.118. The third-order valence-corrected chi connectivity index (χ3v) is 6.07. The number of nitrogens with one attached hydrogen (secondary N) is 1. The molecule has 2 aromatic heterocycles. The van der Waals surface area contributed by atoms with E-state index < -0.39 is 0 Å². The number of halogens is 2. The largest absolute Gasteiger partial charge is 0.467 e. The van der Waals surface area contributed by atoms with E-state index in [0.29, 0.717) is 34.1 Å². The van der Waals surface area contributed by atoms with Crippen LogP contribution < -0.4 is 5.32 Å². The van der Waals surface area contributed by atoms with E-state index in [4.69, 9.17) is 27.6 Å². The summed E-state index contributed by atoms with van der Waals surface area (Å²) in [6, 6.07) is 18.5. The Balaban J connectivity index is 1.47. The third-order valence-electron chi connectivity index (χ3n) is 4.48. The number of nitrogens with zero attached hydrogens (tertiary/aromatic N) is 3. The van der Waals surface area contributed by atoms with Gasteiger partial charge in [0.1, 0.15) is 5.76 Å². The van der Waals surface area contributed by atoms with Crippen molar-refractivity contribution in [1.29, 1.82) is 0 Å². The molecule has 2 heterocycles. The zero-order valence-corrected chi connectivity index (χ0v) is 18.6.